The maximum Gasteiger partial charge on any atom is 0.119 e. The molecule has 0 bridgehead atoms. The number of benzene rings is 2. The SMILES string of the molecule is COc1ccc(C(CN)Cc2cccc(OCC(C)C)c2)cc1. The van der Waals surface area contributed by atoms with Crippen LogP contribution in [0.4, 0.5) is 0 Å². The average Bonchev–Trinajstić information content (AvgIpc) is 2.58. The van der Waals surface area contributed by atoms with E-state index in [0.717, 1.165) is 24.5 Å². The first-order chi connectivity index (χ1) is 11.1. The van der Waals surface area contributed by atoms with Crippen molar-refractivity contribution in [3.05, 3.63) is 59.7 Å². The minimum atomic E-state index is 0.293. The molecule has 0 spiro atoms. The quantitative estimate of drug-likeness (QED) is 0.800. The Balaban J connectivity index is 2.07. The largest absolute Gasteiger partial charge is 0.497 e. The zero-order valence-electron chi connectivity index (χ0n) is 14.3. The highest BCUT2D eigenvalue weighted by Gasteiger charge is 2.11. The van der Waals surface area contributed by atoms with E-state index < -0.39 is 0 Å². The maximum atomic E-state index is 6.00. The van der Waals surface area contributed by atoms with Crippen molar-refractivity contribution in [2.24, 2.45) is 11.7 Å². The molecule has 3 heteroatoms. The van der Waals surface area contributed by atoms with Crippen LogP contribution in [-0.4, -0.2) is 20.3 Å². The van der Waals surface area contributed by atoms with Crippen LogP contribution < -0.4 is 15.2 Å². The Morgan fingerprint density at radius 1 is 1.00 bits per heavy atom. The van der Waals surface area contributed by atoms with Gasteiger partial charge in [-0.25, -0.2) is 0 Å². The molecule has 3 nitrogen and oxygen atoms in total. The lowest BCUT2D eigenvalue weighted by Crippen LogP contribution is -2.15. The summed E-state index contributed by atoms with van der Waals surface area (Å²) in [5.41, 5.74) is 8.48. The molecule has 0 aliphatic carbocycles. The lowest BCUT2D eigenvalue weighted by Gasteiger charge is -2.17. The first-order valence-electron chi connectivity index (χ1n) is 8.18. The molecular formula is C20H27NO2. The molecular weight excluding hydrogens is 286 g/mol. The summed E-state index contributed by atoms with van der Waals surface area (Å²) in [6.07, 6.45) is 0.904. The van der Waals surface area contributed by atoms with Gasteiger partial charge in [0, 0.05) is 5.92 Å². The molecule has 0 radical (unpaired) electrons. The standard InChI is InChI=1S/C20H27NO2/c1-15(2)14-23-20-6-4-5-16(12-20)11-18(13-21)17-7-9-19(22-3)10-8-17/h4-10,12,15,18H,11,13-14,21H2,1-3H3. The Kier molecular flexibility index (Phi) is 6.48. The minimum Gasteiger partial charge on any atom is -0.497 e. The first kappa shape index (κ1) is 17.4. The molecule has 124 valence electrons. The van der Waals surface area contributed by atoms with Crippen LogP contribution in [0, 0.1) is 5.92 Å². The summed E-state index contributed by atoms with van der Waals surface area (Å²) >= 11 is 0. The van der Waals surface area contributed by atoms with Gasteiger partial charge >= 0.3 is 0 Å². The molecule has 0 fully saturated rings. The predicted molar refractivity (Wildman–Crippen MR) is 95.3 cm³/mol. The second-order valence-corrected chi connectivity index (χ2v) is 6.26. The highest BCUT2D eigenvalue weighted by atomic mass is 16.5. The van der Waals surface area contributed by atoms with E-state index in [2.05, 4.69) is 38.1 Å². The fourth-order valence-corrected chi connectivity index (χ4v) is 2.52. The minimum absolute atomic E-state index is 0.293. The number of hydrogen-bond acceptors (Lipinski definition) is 3. The molecule has 0 aromatic heterocycles. The maximum absolute atomic E-state index is 6.00. The van der Waals surface area contributed by atoms with Gasteiger partial charge in [0.05, 0.1) is 13.7 Å². The first-order valence-corrected chi connectivity index (χ1v) is 8.18. The molecule has 1 atom stereocenters. The van der Waals surface area contributed by atoms with Crippen molar-refractivity contribution in [2.45, 2.75) is 26.2 Å². The molecule has 0 aliphatic rings. The van der Waals surface area contributed by atoms with Crippen LogP contribution in [0.15, 0.2) is 48.5 Å². The Morgan fingerprint density at radius 2 is 1.74 bits per heavy atom. The van der Waals surface area contributed by atoms with Gasteiger partial charge in [0.2, 0.25) is 0 Å². The fraction of sp³-hybridized carbons (Fsp3) is 0.400. The third-order valence-corrected chi connectivity index (χ3v) is 3.84. The van der Waals surface area contributed by atoms with Crippen LogP contribution in [0.5, 0.6) is 11.5 Å². The average molecular weight is 313 g/mol. The highest BCUT2D eigenvalue weighted by Crippen LogP contribution is 2.24. The van der Waals surface area contributed by atoms with Gasteiger partial charge in [-0.2, -0.15) is 0 Å². The van der Waals surface area contributed by atoms with Crippen LogP contribution in [0.1, 0.15) is 30.9 Å². The molecule has 2 aromatic carbocycles. The second kappa shape index (κ2) is 8.59. The van der Waals surface area contributed by atoms with Crippen molar-refractivity contribution in [2.75, 3.05) is 20.3 Å². The molecule has 0 amide bonds. The van der Waals surface area contributed by atoms with Gasteiger partial charge in [0.15, 0.2) is 0 Å². The Hall–Kier alpha value is -2.00. The number of methoxy groups -OCH3 is 1. The lowest BCUT2D eigenvalue weighted by molar-refractivity contribution is 0.271. The number of ether oxygens (including phenoxy) is 2. The van der Waals surface area contributed by atoms with Gasteiger partial charge in [0.25, 0.3) is 0 Å². The van der Waals surface area contributed by atoms with E-state index in [1.165, 1.54) is 11.1 Å². The summed E-state index contributed by atoms with van der Waals surface area (Å²) in [5, 5.41) is 0. The molecule has 2 rings (SSSR count). The van der Waals surface area contributed by atoms with Crippen molar-refractivity contribution >= 4 is 0 Å². The summed E-state index contributed by atoms with van der Waals surface area (Å²) in [6, 6.07) is 16.5. The van der Waals surface area contributed by atoms with Gasteiger partial charge < -0.3 is 15.2 Å². The Labute approximate surface area is 139 Å². The summed E-state index contributed by atoms with van der Waals surface area (Å²) in [5.74, 6) is 2.62. The molecule has 0 heterocycles. The molecule has 0 aliphatic heterocycles. The van der Waals surface area contributed by atoms with E-state index in [1.54, 1.807) is 7.11 Å². The van der Waals surface area contributed by atoms with E-state index >= 15 is 0 Å². The van der Waals surface area contributed by atoms with Crippen molar-refractivity contribution < 1.29 is 9.47 Å². The fourth-order valence-electron chi connectivity index (χ4n) is 2.52. The third-order valence-electron chi connectivity index (χ3n) is 3.84. The second-order valence-electron chi connectivity index (χ2n) is 6.26. The van der Waals surface area contributed by atoms with Crippen molar-refractivity contribution in [3.63, 3.8) is 0 Å². The van der Waals surface area contributed by atoms with Crippen LogP contribution in [0.25, 0.3) is 0 Å². The molecule has 2 N–H and O–H groups in total. The molecule has 0 saturated heterocycles. The van der Waals surface area contributed by atoms with Gasteiger partial charge in [-0.15, -0.1) is 0 Å². The van der Waals surface area contributed by atoms with E-state index in [0.29, 0.717) is 18.4 Å². The van der Waals surface area contributed by atoms with Crippen molar-refractivity contribution in [1.29, 1.82) is 0 Å². The van der Waals surface area contributed by atoms with Crippen molar-refractivity contribution in [3.8, 4) is 11.5 Å². The van der Waals surface area contributed by atoms with Crippen LogP contribution in [0.2, 0.25) is 0 Å². The summed E-state index contributed by atoms with van der Waals surface area (Å²) in [7, 11) is 1.68. The lowest BCUT2D eigenvalue weighted by atomic mass is 9.92. The molecule has 1 unspecified atom stereocenters. The van der Waals surface area contributed by atoms with E-state index in [4.69, 9.17) is 15.2 Å². The van der Waals surface area contributed by atoms with E-state index in [9.17, 15) is 0 Å². The monoisotopic (exact) mass is 313 g/mol. The van der Waals surface area contributed by atoms with Crippen LogP contribution in [0.3, 0.4) is 0 Å². The van der Waals surface area contributed by atoms with Crippen LogP contribution in [-0.2, 0) is 6.42 Å². The third kappa shape index (κ3) is 5.29. The number of rotatable bonds is 8. The van der Waals surface area contributed by atoms with Gasteiger partial charge in [0.1, 0.15) is 11.5 Å². The number of nitrogens with two attached hydrogens (primary N) is 1. The molecule has 2 aromatic rings. The van der Waals surface area contributed by atoms with Gasteiger partial charge in [-0.3, -0.25) is 0 Å². The Bertz CT molecular complexity index is 593. The Morgan fingerprint density at radius 3 is 2.35 bits per heavy atom. The zero-order valence-corrected chi connectivity index (χ0v) is 14.3. The van der Waals surface area contributed by atoms with Crippen molar-refractivity contribution in [1.82, 2.24) is 0 Å². The van der Waals surface area contributed by atoms with E-state index in [1.807, 2.05) is 24.3 Å². The zero-order chi connectivity index (χ0) is 16.7. The predicted octanol–water partition coefficient (Wildman–Crippen LogP) is 4.02. The summed E-state index contributed by atoms with van der Waals surface area (Å²) in [4.78, 5) is 0. The molecule has 0 saturated carbocycles. The summed E-state index contributed by atoms with van der Waals surface area (Å²) in [6.45, 7) is 5.65. The van der Waals surface area contributed by atoms with Gasteiger partial charge in [-0.1, -0.05) is 38.1 Å². The topological polar surface area (TPSA) is 44.5 Å². The summed E-state index contributed by atoms with van der Waals surface area (Å²) < 4.78 is 11.0. The number of hydrogen-bond donors (Lipinski definition) is 1. The normalized spacial score (nSPS) is 12.2. The highest BCUT2D eigenvalue weighted by molar-refractivity contribution is 5.33. The van der Waals surface area contributed by atoms with Gasteiger partial charge in [-0.05, 0) is 54.3 Å². The smallest absolute Gasteiger partial charge is 0.119 e. The molecule has 23 heavy (non-hydrogen) atoms. The van der Waals surface area contributed by atoms with Crippen LogP contribution >= 0.6 is 0 Å². The van der Waals surface area contributed by atoms with E-state index in [-0.39, 0.29) is 0 Å².